The van der Waals surface area contributed by atoms with Crippen LogP contribution in [0.15, 0.2) is 42.7 Å². The first kappa shape index (κ1) is 15.5. The standard InChI is InChI=1S/C17H20N4O2/c1-11-2-3-16(22)13(8-11)14-9-15(21-20-14)17(23)19-10-12-4-6-18-7-5-12/h2-8,14-15,20-22H,9-10H2,1H3,(H,19,23). The highest BCUT2D eigenvalue weighted by Crippen LogP contribution is 2.30. The van der Waals surface area contributed by atoms with Gasteiger partial charge in [-0.25, -0.2) is 10.9 Å². The molecule has 2 unspecified atom stereocenters. The molecule has 0 aliphatic carbocycles. The normalized spacial score (nSPS) is 20.4. The van der Waals surface area contributed by atoms with Crippen LogP contribution in [0.25, 0.3) is 0 Å². The van der Waals surface area contributed by atoms with E-state index in [4.69, 9.17) is 0 Å². The van der Waals surface area contributed by atoms with Crippen LogP contribution in [0.1, 0.15) is 29.2 Å². The van der Waals surface area contributed by atoms with Crippen LogP contribution in [-0.2, 0) is 11.3 Å². The molecule has 0 bridgehead atoms. The fourth-order valence-electron chi connectivity index (χ4n) is 2.70. The number of benzene rings is 1. The quantitative estimate of drug-likeness (QED) is 0.684. The number of hydrogen-bond acceptors (Lipinski definition) is 5. The number of carbonyl (C=O) groups is 1. The molecule has 1 saturated heterocycles. The molecule has 3 rings (SSSR count). The third kappa shape index (κ3) is 3.67. The summed E-state index contributed by atoms with van der Waals surface area (Å²) in [6.07, 6.45) is 3.99. The van der Waals surface area contributed by atoms with Crippen molar-refractivity contribution in [3.05, 3.63) is 59.4 Å². The molecule has 1 amide bonds. The Kier molecular flexibility index (Phi) is 4.55. The lowest BCUT2D eigenvalue weighted by molar-refractivity contribution is -0.123. The molecule has 1 aliphatic heterocycles. The second-order valence-electron chi connectivity index (χ2n) is 5.77. The number of rotatable bonds is 4. The first-order valence-electron chi connectivity index (χ1n) is 7.60. The third-order valence-corrected chi connectivity index (χ3v) is 3.99. The summed E-state index contributed by atoms with van der Waals surface area (Å²) >= 11 is 0. The van der Waals surface area contributed by atoms with Gasteiger partial charge in [0.2, 0.25) is 5.91 Å². The van der Waals surface area contributed by atoms with Crippen molar-refractivity contribution in [3.63, 3.8) is 0 Å². The van der Waals surface area contributed by atoms with E-state index in [2.05, 4.69) is 21.2 Å². The summed E-state index contributed by atoms with van der Waals surface area (Å²) in [6.45, 7) is 2.45. The summed E-state index contributed by atoms with van der Waals surface area (Å²) in [7, 11) is 0. The molecular weight excluding hydrogens is 292 g/mol. The van der Waals surface area contributed by atoms with Crippen LogP contribution in [0, 0.1) is 6.92 Å². The van der Waals surface area contributed by atoms with Gasteiger partial charge in [0.05, 0.1) is 6.04 Å². The van der Waals surface area contributed by atoms with Crippen LogP contribution in [0.3, 0.4) is 0 Å². The van der Waals surface area contributed by atoms with Crippen LogP contribution >= 0.6 is 0 Å². The molecule has 0 spiro atoms. The zero-order chi connectivity index (χ0) is 16.2. The van der Waals surface area contributed by atoms with Crippen molar-refractivity contribution in [2.45, 2.75) is 32.0 Å². The Bertz CT molecular complexity index is 690. The number of nitrogens with zero attached hydrogens (tertiary/aromatic N) is 1. The van der Waals surface area contributed by atoms with E-state index in [1.54, 1.807) is 18.5 Å². The summed E-state index contributed by atoms with van der Waals surface area (Å²) in [5, 5.41) is 12.9. The molecular formula is C17H20N4O2. The van der Waals surface area contributed by atoms with Crippen molar-refractivity contribution in [3.8, 4) is 5.75 Å². The van der Waals surface area contributed by atoms with E-state index in [-0.39, 0.29) is 23.7 Å². The van der Waals surface area contributed by atoms with Gasteiger partial charge in [-0.3, -0.25) is 9.78 Å². The smallest absolute Gasteiger partial charge is 0.238 e. The number of nitrogens with one attached hydrogen (secondary N) is 3. The van der Waals surface area contributed by atoms with E-state index in [0.29, 0.717) is 13.0 Å². The molecule has 2 aromatic rings. The van der Waals surface area contributed by atoms with E-state index < -0.39 is 0 Å². The topological polar surface area (TPSA) is 86.3 Å². The SMILES string of the molecule is Cc1ccc(O)c(C2CC(C(=O)NCc3ccncc3)NN2)c1. The van der Waals surface area contributed by atoms with Crippen molar-refractivity contribution in [2.75, 3.05) is 0 Å². The minimum absolute atomic E-state index is 0.0658. The van der Waals surface area contributed by atoms with Crippen LogP contribution in [0.4, 0.5) is 0 Å². The van der Waals surface area contributed by atoms with E-state index in [0.717, 1.165) is 16.7 Å². The van der Waals surface area contributed by atoms with Crippen molar-refractivity contribution >= 4 is 5.91 Å². The van der Waals surface area contributed by atoms with Gasteiger partial charge in [0.25, 0.3) is 0 Å². The second-order valence-corrected chi connectivity index (χ2v) is 5.77. The van der Waals surface area contributed by atoms with E-state index in [1.807, 2.05) is 31.2 Å². The molecule has 4 N–H and O–H groups in total. The Morgan fingerprint density at radius 2 is 2.09 bits per heavy atom. The van der Waals surface area contributed by atoms with Crippen LogP contribution in [0.5, 0.6) is 5.75 Å². The van der Waals surface area contributed by atoms with Gasteiger partial charge in [0.1, 0.15) is 11.8 Å². The summed E-state index contributed by atoms with van der Waals surface area (Å²) < 4.78 is 0. The number of hydrazine groups is 1. The Hall–Kier alpha value is -2.44. The summed E-state index contributed by atoms with van der Waals surface area (Å²) in [4.78, 5) is 16.2. The van der Waals surface area contributed by atoms with E-state index >= 15 is 0 Å². The largest absolute Gasteiger partial charge is 0.508 e. The highest BCUT2D eigenvalue weighted by atomic mass is 16.3. The summed E-state index contributed by atoms with van der Waals surface area (Å²) in [5.41, 5.74) is 8.98. The van der Waals surface area contributed by atoms with Crippen molar-refractivity contribution in [1.82, 2.24) is 21.2 Å². The number of carbonyl (C=O) groups excluding carboxylic acids is 1. The van der Waals surface area contributed by atoms with Crippen molar-refractivity contribution in [2.24, 2.45) is 0 Å². The lowest BCUT2D eigenvalue weighted by Gasteiger charge is -2.12. The Morgan fingerprint density at radius 3 is 2.87 bits per heavy atom. The Balaban J connectivity index is 1.59. The number of phenols is 1. The Labute approximate surface area is 134 Å². The fraction of sp³-hybridized carbons (Fsp3) is 0.294. The third-order valence-electron chi connectivity index (χ3n) is 3.99. The van der Waals surface area contributed by atoms with Gasteiger partial charge >= 0.3 is 0 Å². The molecule has 1 fully saturated rings. The molecule has 1 aromatic heterocycles. The lowest BCUT2D eigenvalue weighted by atomic mass is 9.99. The van der Waals surface area contributed by atoms with Gasteiger partial charge in [0.15, 0.2) is 0 Å². The maximum Gasteiger partial charge on any atom is 0.238 e. The lowest BCUT2D eigenvalue weighted by Crippen LogP contribution is -2.42. The zero-order valence-corrected chi connectivity index (χ0v) is 12.9. The molecule has 120 valence electrons. The second kappa shape index (κ2) is 6.76. The van der Waals surface area contributed by atoms with E-state index in [1.165, 1.54) is 0 Å². The number of phenolic OH excluding ortho intramolecular Hbond substituents is 1. The molecule has 23 heavy (non-hydrogen) atoms. The Morgan fingerprint density at radius 1 is 1.30 bits per heavy atom. The van der Waals surface area contributed by atoms with Crippen LogP contribution < -0.4 is 16.2 Å². The van der Waals surface area contributed by atoms with Crippen molar-refractivity contribution in [1.29, 1.82) is 0 Å². The molecule has 2 atom stereocenters. The number of aromatic hydroxyl groups is 1. The number of pyridine rings is 1. The first-order valence-corrected chi connectivity index (χ1v) is 7.60. The maximum atomic E-state index is 12.3. The van der Waals surface area contributed by atoms with Crippen LogP contribution in [0.2, 0.25) is 0 Å². The zero-order valence-electron chi connectivity index (χ0n) is 12.9. The van der Waals surface area contributed by atoms with Crippen molar-refractivity contribution < 1.29 is 9.90 Å². The van der Waals surface area contributed by atoms with Gasteiger partial charge < -0.3 is 10.4 Å². The predicted octanol–water partition coefficient (Wildman–Crippen LogP) is 1.32. The predicted molar refractivity (Wildman–Crippen MR) is 86.3 cm³/mol. The molecule has 0 radical (unpaired) electrons. The first-order chi connectivity index (χ1) is 11.1. The molecule has 1 aromatic carbocycles. The molecule has 0 saturated carbocycles. The summed E-state index contributed by atoms with van der Waals surface area (Å²) in [6, 6.07) is 8.80. The number of aromatic nitrogens is 1. The minimum atomic E-state index is -0.332. The molecule has 6 heteroatoms. The average molecular weight is 312 g/mol. The van der Waals surface area contributed by atoms with Gasteiger partial charge in [-0.1, -0.05) is 17.7 Å². The highest BCUT2D eigenvalue weighted by Gasteiger charge is 2.31. The van der Waals surface area contributed by atoms with E-state index in [9.17, 15) is 9.90 Å². The van der Waals surface area contributed by atoms with Gasteiger partial charge in [0, 0.05) is 24.5 Å². The van der Waals surface area contributed by atoms with Gasteiger partial charge in [-0.15, -0.1) is 0 Å². The molecule has 1 aliphatic rings. The maximum absolute atomic E-state index is 12.3. The molecule has 2 heterocycles. The van der Waals surface area contributed by atoms with Gasteiger partial charge in [-0.05, 0) is 37.1 Å². The molecule has 6 nitrogen and oxygen atoms in total. The number of hydrogen-bond donors (Lipinski definition) is 4. The summed E-state index contributed by atoms with van der Waals surface area (Å²) in [5.74, 6) is 0.177. The monoisotopic (exact) mass is 312 g/mol. The minimum Gasteiger partial charge on any atom is -0.508 e. The number of aryl methyl sites for hydroxylation is 1. The number of amides is 1. The fourth-order valence-corrected chi connectivity index (χ4v) is 2.70. The average Bonchev–Trinajstić information content (AvgIpc) is 3.06. The highest BCUT2D eigenvalue weighted by molar-refractivity contribution is 5.82. The van der Waals surface area contributed by atoms with Gasteiger partial charge in [-0.2, -0.15) is 0 Å². The van der Waals surface area contributed by atoms with Crippen LogP contribution in [-0.4, -0.2) is 22.0 Å².